The van der Waals surface area contributed by atoms with Crippen LogP contribution in [0.4, 0.5) is 29.3 Å². The van der Waals surface area contributed by atoms with E-state index in [2.05, 4.69) is 15.5 Å². The fourth-order valence-corrected chi connectivity index (χ4v) is 5.18. The van der Waals surface area contributed by atoms with E-state index in [1.165, 1.54) is 12.1 Å². The van der Waals surface area contributed by atoms with Crippen LogP contribution in [0.3, 0.4) is 0 Å². The molecule has 3 amide bonds. The zero-order valence-corrected chi connectivity index (χ0v) is 25.7. The molecule has 0 spiro atoms. The number of amides is 3. The Morgan fingerprint density at radius 1 is 1.09 bits per heavy atom. The van der Waals surface area contributed by atoms with Gasteiger partial charge in [0.05, 0.1) is 31.7 Å². The van der Waals surface area contributed by atoms with Crippen LogP contribution in [0.5, 0.6) is 11.5 Å². The Bertz CT molecular complexity index is 1450. The number of carbonyl (C=O) groups is 2. The number of carbonyl (C=O) groups excluding carboxylic acids is 2. The van der Waals surface area contributed by atoms with Gasteiger partial charge in [0.1, 0.15) is 17.6 Å². The van der Waals surface area contributed by atoms with Gasteiger partial charge in [0.15, 0.2) is 0 Å². The minimum Gasteiger partial charge on any atom is -0.497 e. The molecular formula is C33H39F3N4O5. The number of hydrogen-bond donors (Lipinski definition) is 3. The molecular weight excluding hydrogens is 589 g/mol. The minimum atomic E-state index is -4.48. The number of aliphatic hydroxyl groups excluding tert-OH is 1. The summed E-state index contributed by atoms with van der Waals surface area (Å²) < 4.78 is 50.4. The summed E-state index contributed by atoms with van der Waals surface area (Å²) in [6.07, 6.45) is -4.81. The van der Waals surface area contributed by atoms with E-state index in [1.54, 1.807) is 37.1 Å². The number of halogens is 3. The second-order valence-corrected chi connectivity index (χ2v) is 11.4. The number of hydrogen-bond acceptors (Lipinski definition) is 6. The number of anilines is 2. The highest BCUT2D eigenvalue weighted by Crippen LogP contribution is 2.31. The normalized spacial score (nSPS) is 17.8. The highest BCUT2D eigenvalue weighted by Gasteiger charge is 2.32. The van der Waals surface area contributed by atoms with Crippen molar-refractivity contribution in [1.29, 1.82) is 0 Å². The van der Waals surface area contributed by atoms with Gasteiger partial charge in [0, 0.05) is 42.5 Å². The second-order valence-electron chi connectivity index (χ2n) is 11.4. The first kappa shape index (κ1) is 33.6. The van der Waals surface area contributed by atoms with Gasteiger partial charge in [0.25, 0.3) is 0 Å². The van der Waals surface area contributed by atoms with E-state index in [1.807, 2.05) is 38.2 Å². The van der Waals surface area contributed by atoms with Crippen LogP contribution in [0.2, 0.25) is 0 Å². The smallest absolute Gasteiger partial charge is 0.416 e. The average Bonchev–Trinajstić information content (AvgIpc) is 3.04. The molecule has 1 heterocycles. The maximum atomic E-state index is 13.5. The molecule has 1 aliphatic heterocycles. The van der Waals surface area contributed by atoms with Crippen LogP contribution in [0.25, 0.3) is 0 Å². The van der Waals surface area contributed by atoms with E-state index in [0.717, 1.165) is 23.4 Å². The molecule has 4 rings (SSSR count). The Balaban J connectivity index is 1.52. The number of likely N-dealkylation sites (N-methyl/N-ethyl adjacent to an activating group) is 1. The third-order valence-corrected chi connectivity index (χ3v) is 7.75. The third-order valence-electron chi connectivity index (χ3n) is 7.75. The quantitative estimate of drug-likeness (QED) is 0.284. The summed E-state index contributed by atoms with van der Waals surface area (Å²) in [5, 5.41) is 15.1. The van der Waals surface area contributed by atoms with Crippen molar-refractivity contribution in [2.45, 2.75) is 45.1 Å². The van der Waals surface area contributed by atoms with Gasteiger partial charge in [0.2, 0.25) is 5.91 Å². The molecule has 3 aromatic carbocycles. The molecule has 242 valence electrons. The highest BCUT2D eigenvalue weighted by molar-refractivity contribution is 6.00. The van der Waals surface area contributed by atoms with Crippen LogP contribution in [0.15, 0.2) is 66.7 Å². The van der Waals surface area contributed by atoms with Crippen LogP contribution in [-0.2, 0) is 23.9 Å². The summed E-state index contributed by atoms with van der Waals surface area (Å²) in [7, 11) is 3.62. The molecule has 12 heteroatoms. The highest BCUT2D eigenvalue weighted by atomic mass is 19.4. The van der Waals surface area contributed by atoms with E-state index in [0.29, 0.717) is 36.6 Å². The van der Waals surface area contributed by atoms with Gasteiger partial charge >= 0.3 is 12.2 Å². The van der Waals surface area contributed by atoms with Crippen molar-refractivity contribution >= 4 is 23.3 Å². The van der Waals surface area contributed by atoms with Gasteiger partial charge in [-0.2, -0.15) is 13.2 Å². The Kier molecular flexibility index (Phi) is 10.9. The number of aliphatic hydroxyl groups is 1. The topological polar surface area (TPSA) is 103 Å². The van der Waals surface area contributed by atoms with Gasteiger partial charge in [-0.25, -0.2) is 4.79 Å². The average molecular weight is 629 g/mol. The molecule has 45 heavy (non-hydrogen) atoms. The number of nitrogens with zero attached hydrogens (tertiary/aromatic N) is 2. The first-order valence-corrected chi connectivity index (χ1v) is 14.6. The van der Waals surface area contributed by atoms with Gasteiger partial charge in [-0.15, -0.1) is 0 Å². The number of benzene rings is 3. The predicted octanol–water partition coefficient (Wildman–Crippen LogP) is 5.64. The molecule has 1 aliphatic rings. The minimum absolute atomic E-state index is 0.0170. The number of rotatable bonds is 9. The van der Waals surface area contributed by atoms with Crippen molar-refractivity contribution in [1.82, 2.24) is 9.80 Å². The number of nitrogens with one attached hydrogen (secondary N) is 2. The summed E-state index contributed by atoms with van der Waals surface area (Å²) in [5.74, 6) is 1.01. The summed E-state index contributed by atoms with van der Waals surface area (Å²) in [5.41, 5.74) is 1.40. The zero-order valence-electron chi connectivity index (χ0n) is 25.7. The summed E-state index contributed by atoms with van der Waals surface area (Å²) in [6, 6.07) is 15.9. The van der Waals surface area contributed by atoms with Crippen LogP contribution in [0, 0.1) is 5.92 Å². The summed E-state index contributed by atoms with van der Waals surface area (Å²) in [6.45, 7) is 5.21. The second kappa shape index (κ2) is 14.7. The van der Waals surface area contributed by atoms with Crippen molar-refractivity contribution < 1.29 is 37.3 Å². The molecule has 3 atom stereocenters. The standard InChI is InChI=1S/C33H39F3N4O5/c1-21-17-40(22(2)20-41)31(42)16-24-15-27(38-32(43)37-26-9-7-25(8-10-26)33(34,35)36)11-14-29(24)45-30(21)19-39(3)18-23-5-12-28(44-4)13-6-23/h5-15,21-22,30,41H,16-20H2,1-4H3,(H2,37,38,43)/t21-,22-,30-/m0/s1. The maximum Gasteiger partial charge on any atom is 0.416 e. The van der Waals surface area contributed by atoms with Crippen molar-refractivity contribution in [2.75, 3.05) is 44.5 Å². The fraction of sp³-hybridized carbons (Fsp3) is 0.394. The van der Waals surface area contributed by atoms with E-state index in [-0.39, 0.29) is 36.6 Å². The first-order valence-electron chi connectivity index (χ1n) is 14.6. The molecule has 9 nitrogen and oxygen atoms in total. The van der Waals surface area contributed by atoms with Crippen molar-refractivity contribution in [2.24, 2.45) is 5.92 Å². The van der Waals surface area contributed by atoms with Crippen molar-refractivity contribution in [3.63, 3.8) is 0 Å². The van der Waals surface area contributed by atoms with E-state index >= 15 is 0 Å². The summed E-state index contributed by atoms with van der Waals surface area (Å²) >= 11 is 0. The lowest BCUT2D eigenvalue weighted by Gasteiger charge is -2.34. The Hall–Kier alpha value is -4.29. The Morgan fingerprint density at radius 2 is 1.73 bits per heavy atom. The van der Waals surface area contributed by atoms with Crippen LogP contribution < -0.4 is 20.1 Å². The predicted molar refractivity (Wildman–Crippen MR) is 165 cm³/mol. The number of ether oxygens (including phenoxy) is 2. The lowest BCUT2D eigenvalue weighted by molar-refractivity contribution is -0.137. The largest absolute Gasteiger partial charge is 0.497 e. The number of methoxy groups -OCH3 is 1. The van der Waals surface area contributed by atoms with Crippen molar-refractivity contribution in [3.05, 3.63) is 83.4 Å². The molecule has 0 unspecified atom stereocenters. The zero-order chi connectivity index (χ0) is 32.7. The van der Waals surface area contributed by atoms with Crippen LogP contribution in [-0.4, -0.2) is 72.8 Å². The Morgan fingerprint density at radius 3 is 2.36 bits per heavy atom. The molecule has 0 radical (unpaired) electrons. The van der Waals surface area contributed by atoms with E-state index in [9.17, 15) is 27.9 Å². The van der Waals surface area contributed by atoms with E-state index < -0.39 is 23.8 Å². The molecule has 0 saturated carbocycles. The summed E-state index contributed by atoms with van der Waals surface area (Å²) in [4.78, 5) is 30.0. The first-order chi connectivity index (χ1) is 21.4. The van der Waals surface area contributed by atoms with E-state index in [4.69, 9.17) is 9.47 Å². The third kappa shape index (κ3) is 9.11. The fourth-order valence-electron chi connectivity index (χ4n) is 5.18. The number of alkyl halides is 3. The lowest BCUT2D eigenvalue weighted by Crippen LogP contribution is -2.47. The van der Waals surface area contributed by atoms with Crippen LogP contribution >= 0.6 is 0 Å². The number of fused-ring (bicyclic) bond motifs is 1. The SMILES string of the molecule is COc1ccc(CN(C)C[C@@H]2Oc3ccc(NC(=O)Nc4ccc(C(F)(F)F)cc4)cc3CC(=O)N([C@@H](C)CO)C[C@@H]2C)cc1. The molecule has 0 bridgehead atoms. The van der Waals surface area contributed by atoms with Gasteiger partial charge < -0.3 is 30.1 Å². The van der Waals surface area contributed by atoms with Gasteiger partial charge in [-0.3, -0.25) is 9.69 Å². The monoisotopic (exact) mass is 628 g/mol. The number of urea groups is 1. The maximum absolute atomic E-state index is 13.5. The molecule has 0 aliphatic carbocycles. The van der Waals surface area contributed by atoms with Gasteiger partial charge in [-0.1, -0.05) is 19.1 Å². The molecule has 0 fully saturated rings. The molecule has 0 saturated heterocycles. The molecule has 3 aromatic rings. The molecule has 3 N–H and O–H groups in total. The van der Waals surface area contributed by atoms with Crippen molar-refractivity contribution in [3.8, 4) is 11.5 Å². The Labute approximate surface area is 260 Å². The lowest BCUT2D eigenvalue weighted by atomic mass is 10.0. The van der Waals surface area contributed by atoms with Gasteiger partial charge in [-0.05, 0) is 74.1 Å². The molecule has 0 aromatic heterocycles. The van der Waals surface area contributed by atoms with Crippen LogP contribution in [0.1, 0.15) is 30.5 Å².